The predicted molar refractivity (Wildman–Crippen MR) is 78.0 cm³/mol. The Morgan fingerprint density at radius 1 is 1.22 bits per heavy atom. The molecule has 0 radical (unpaired) electrons. The van der Waals surface area contributed by atoms with E-state index in [-0.39, 0.29) is 12.6 Å². The van der Waals surface area contributed by atoms with Gasteiger partial charge in [-0.05, 0) is 31.0 Å². The van der Waals surface area contributed by atoms with Gasteiger partial charge in [-0.25, -0.2) is 0 Å². The second kappa shape index (κ2) is 6.34. The van der Waals surface area contributed by atoms with Crippen molar-refractivity contribution >= 4 is 22.9 Å². The molecule has 96 valence electrons. The quantitative estimate of drug-likeness (QED) is 0.875. The molecule has 0 unspecified atom stereocenters. The summed E-state index contributed by atoms with van der Waals surface area (Å²) in [5, 5.41) is 9.57. The molecule has 0 spiro atoms. The number of aliphatic hydroxyl groups is 1. The van der Waals surface area contributed by atoms with Crippen molar-refractivity contribution < 1.29 is 5.11 Å². The molecule has 0 aliphatic heterocycles. The van der Waals surface area contributed by atoms with Gasteiger partial charge in [0, 0.05) is 33.0 Å². The van der Waals surface area contributed by atoms with Gasteiger partial charge in [0.15, 0.2) is 0 Å². The van der Waals surface area contributed by atoms with Crippen molar-refractivity contribution in [3.8, 4) is 10.4 Å². The molecule has 18 heavy (non-hydrogen) atoms. The molecule has 0 aliphatic carbocycles. The summed E-state index contributed by atoms with van der Waals surface area (Å²) in [6.07, 6.45) is 1.54. The Balaban J connectivity index is 2.18. The average molecular weight is 282 g/mol. The number of halogens is 1. The number of thiophene rings is 1. The van der Waals surface area contributed by atoms with Crippen molar-refractivity contribution in [1.82, 2.24) is 0 Å². The number of hydrogen-bond donors (Lipinski definition) is 2. The van der Waals surface area contributed by atoms with E-state index in [2.05, 4.69) is 6.07 Å². The average Bonchev–Trinajstić information content (AvgIpc) is 2.86. The molecule has 1 aromatic heterocycles. The Morgan fingerprint density at radius 3 is 2.72 bits per heavy atom. The minimum atomic E-state index is -0.00149. The van der Waals surface area contributed by atoms with Gasteiger partial charge in [0.25, 0.3) is 0 Å². The van der Waals surface area contributed by atoms with Gasteiger partial charge in [-0.1, -0.05) is 29.8 Å². The van der Waals surface area contributed by atoms with E-state index >= 15 is 0 Å². The van der Waals surface area contributed by atoms with Gasteiger partial charge < -0.3 is 10.8 Å². The maximum absolute atomic E-state index is 8.81. The first kappa shape index (κ1) is 13.6. The first-order valence-corrected chi connectivity index (χ1v) is 7.13. The van der Waals surface area contributed by atoms with Crippen LogP contribution >= 0.6 is 22.9 Å². The van der Waals surface area contributed by atoms with Crippen molar-refractivity contribution in [2.45, 2.75) is 18.9 Å². The minimum Gasteiger partial charge on any atom is -0.396 e. The van der Waals surface area contributed by atoms with E-state index in [1.807, 2.05) is 30.3 Å². The summed E-state index contributed by atoms with van der Waals surface area (Å²) in [4.78, 5) is 2.27. The van der Waals surface area contributed by atoms with Crippen LogP contribution in [0, 0.1) is 0 Å². The molecule has 2 nitrogen and oxygen atoms in total. The van der Waals surface area contributed by atoms with Crippen molar-refractivity contribution in [2.75, 3.05) is 6.61 Å². The Kier molecular flexibility index (Phi) is 4.78. The molecule has 0 amide bonds. The summed E-state index contributed by atoms with van der Waals surface area (Å²) in [6.45, 7) is 0.191. The van der Waals surface area contributed by atoms with Gasteiger partial charge in [0.2, 0.25) is 0 Å². The van der Waals surface area contributed by atoms with Gasteiger partial charge in [-0.2, -0.15) is 0 Å². The van der Waals surface area contributed by atoms with Crippen molar-refractivity contribution in [2.24, 2.45) is 5.73 Å². The summed E-state index contributed by atoms with van der Waals surface area (Å²) < 4.78 is 0. The molecule has 3 N–H and O–H groups in total. The van der Waals surface area contributed by atoms with E-state index in [9.17, 15) is 0 Å². The zero-order chi connectivity index (χ0) is 13.0. The monoisotopic (exact) mass is 281 g/mol. The van der Waals surface area contributed by atoms with Crippen molar-refractivity contribution in [3.05, 3.63) is 46.3 Å². The summed E-state index contributed by atoms with van der Waals surface area (Å²) in [7, 11) is 0. The van der Waals surface area contributed by atoms with Crippen LogP contribution in [0.2, 0.25) is 5.02 Å². The fourth-order valence-corrected chi connectivity index (χ4v) is 3.19. The first-order chi connectivity index (χ1) is 8.72. The van der Waals surface area contributed by atoms with Crippen LogP contribution in [-0.4, -0.2) is 11.7 Å². The third-order valence-electron chi connectivity index (χ3n) is 2.80. The topological polar surface area (TPSA) is 46.2 Å². The van der Waals surface area contributed by atoms with Crippen molar-refractivity contribution in [1.29, 1.82) is 0 Å². The zero-order valence-electron chi connectivity index (χ0n) is 9.97. The van der Waals surface area contributed by atoms with E-state index < -0.39 is 0 Å². The maximum Gasteiger partial charge on any atom is 0.0492 e. The van der Waals surface area contributed by atoms with Gasteiger partial charge in [-0.3, -0.25) is 0 Å². The van der Waals surface area contributed by atoms with Crippen LogP contribution in [0.1, 0.15) is 23.8 Å². The highest BCUT2D eigenvalue weighted by atomic mass is 35.5. The number of hydrogen-bond acceptors (Lipinski definition) is 3. The highest BCUT2D eigenvalue weighted by molar-refractivity contribution is 7.15. The van der Waals surface area contributed by atoms with Gasteiger partial charge in [-0.15, -0.1) is 11.3 Å². The standard InChI is InChI=1S/C14H16ClNOS/c15-11-5-2-1-4-10(11)13-7-8-14(18-13)12(16)6-3-9-17/h1-2,4-5,7-8,12,17H,3,6,9,16H2/t12-/m0/s1. The Morgan fingerprint density at radius 2 is 2.00 bits per heavy atom. The second-order valence-corrected chi connectivity index (χ2v) is 5.68. The number of aliphatic hydroxyl groups excluding tert-OH is 1. The lowest BCUT2D eigenvalue weighted by molar-refractivity contribution is 0.280. The number of benzene rings is 1. The summed E-state index contributed by atoms with van der Waals surface area (Å²) in [6, 6.07) is 11.9. The van der Waals surface area contributed by atoms with Gasteiger partial charge >= 0.3 is 0 Å². The number of nitrogens with two attached hydrogens (primary N) is 1. The van der Waals surface area contributed by atoms with E-state index in [1.54, 1.807) is 11.3 Å². The number of rotatable bonds is 5. The van der Waals surface area contributed by atoms with Gasteiger partial charge in [0.05, 0.1) is 0 Å². The van der Waals surface area contributed by atoms with Crippen LogP contribution in [0.25, 0.3) is 10.4 Å². The lowest BCUT2D eigenvalue weighted by Crippen LogP contribution is -2.08. The van der Waals surface area contributed by atoms with E-state index in [1.165, 1.54) is 0 Å². The molecule has 0 saturated carbocycles. The molecule has 4 heteroatoms. The van der Waals surface area contributed by atoms with Crippen LogP contribution in [0.4, 0.5) is 0 Å². The third-order valence-corrected chi connectivity index (χ3v) is 4.38. The van der Waals surface area contributed by atoms with E-state index in [4.69, 9.17) is 22.4 Å². The highest BCUT2D eigenvalue weighted by Crippen LogP contribution is 2.35. The summed E-state index contributed by atoms with van der Waals surface area (Å²) >= 11 is 7.84. The summed E-state index contributed by atoms with van der Waals surface area (Å²) in [5.41, 5.74) is 7.12. The molecule has 0 fully saturated rings. The first-order valence-electron chi connectivity index (χ1n) is 5.93. The molecule has 2 aromatic rings. The van der Waals surface area contributed by atoms with Crippen LogP contribution < -0.4 is 5.73 Å². The second-order valence-electron chi connectivity index (χ2n) is 4.15. The minimum absolute atomic E-state index is 0.00149. The van der Waals surface area contributed by atoms with Crippen LogP contribution in [-0.2, 0) is 0 Å². The molecule has 0 bridgehead atoms. The Bertz CT molecular complexity index is 512. The van der Waals surface area contributed by atoms with Crippen LogP contribution in [0.5, 0.6) is 0 Å². The molecule has 1 atom stereocenters. The third kappa shape index (κ3) is 3.12. The largest absolute Gasteiger partial charge is 0.396 e. The molecular weight excluding hydrogens is 266 g/mol. The Labute approximate surface area is 116 Å². The summed E-state index contributed by atoms with van der Waals surface area (Å²) in [5.74, 6) is 0. The van der Waals surface area contributed by atoms with Crippen LogP contribution in [0.3, 0.4) is 0 Å². The van der Waals surface area contributed by atoms with Crippen molar-refractivity contribution in [3.63, 3.8) is 0 Å². The normalized spacial score (nSPS) is 12.6. The molecule has 1 heterocycles. The molecule has 1 aromatic carbocycles. The van der Waals surface area contributed by atoms with Crippen LogP contribution in [0.15, 0.2) is 36.4 Å². The molecular formula is C14H16ClNOS. The SMILES string of the molecule is N[C@@H](CCCO)c1ccc(-c2ccccc2Cl)s1. The fourth-order valence-electron chi connectivity index (χ4n) is 1.81. The Hall–Kier alpha value is -0.870. The highest BCUT2D eigenvalue weighted by Gasteiger charge is 2.11. The lowest BCUT2D eigenvalue weighted by atomic mass is 10.1. The maximum atomic E-state index is 8.81. The lowest BCUT2D eigenvalue weighted by Gasteiger charge is -2.07. The van der Waals surface area contributed by atoms with E-state index in [0.29, 0.717) is 0 Å². The van der Waals surface area contributed by atoms with E-state index in [0.717, 1.165) is 33.2 Å². The molecule has 0 saturated heterocycles. The smallest absolute Gasteiger partial charge is 0.0492 e. The molecule has 2 rings (SSSR count). The van der Waals surface area contributed by atoms with Gasteiger partial charge in [0.1, 0.15) is 0 Å². The molecule has 0 aliphatic rings. The predicted octanol–water partition coefficient (Wildman–Crippen LogP) is 3.84. The fraction of sp³-hybridized carbons (Fsp3) is 0.286. The zero-order valence-corrected chi connectivity index (χ0v) is 11.5.